The predicted octanol–water partition coefficient (Wildman–Crippen LogP) is 3.15. The maximum Gasteiger partial charge on any atom is 0.269 e. The van der Waals surface area contributed by atoms with Crippen LogP contribution < -0.4 is 10.6 Å². The number of nitrogens with zero attached hydrogens (tertiary/aromatic N) is 3. The fourth-order valence-electron chi connectivity index (χ4n) is 3.94. The van der Waals surface area contributed by atoms with E-state index in [2.05, 4.69) is 52.3 Å². The third-order valence-corrected chi connectivity index (χ3v) is 7.47. The van der Waals surface area contributed by atoms with Crippen LogP contribution in [-0.4, -0.2) is 56.1 Å². The van der Waals surface area contributed by atoms with Gasteiger partial charge in [-0.3, -0.25) is 4.79 Å². The Kier molecular flexibility index (Phi) is 6.79. The number of rotatable bonds is 4. The van der Waals surface area contributed by atoms with E-state index in [0.29, 0.717) is 18.8 Å². The molecule has 0 radical (unpaired) electrons. The number of aliphatic hydroxyl groups excluding tert-OH is 1. The summed E-state index contributed by atoms with van der Waals surface area (Å²) < 4.78 is 20.4. The molecule has 1 fully saturated rings. The van der Waals surface area contributed by atoms with Crippen LogP contribution in [0.5, 0.6) is 5.75 Å². The van der Waals surface area contributed by atoms with Crippen LogP contribution in [0, 0.1) is 12.3 Å². The zero-order chi connectivity index (χ0) is 24.6. The Morgan fingerprint density at radius 3 is 2.59 bits per heavy atom. The molecule has 1 aromatic carbocycles. The number of benzene rings is 1. The second kappa shape index (κ2) is 9.47. The average Bonchev–Trinajstić information content (AvgIpc) is 3.46. The number of likely N-dealkylation sites (tertiary alicyclic amines) is 1. The smallest absolute Gasteiger partial charge is 0.269 e. The first-order valence-electron chi connectivity index (χ1n) is 11.0. The number of amides is 1. The molecule has 0 bridgehead atoms. The van der Waals surface area contributed by atoms with Crippen LogP contribution in [0.3, 0.4) is 0 Å². The summed E-state index contributed by atoms with van der Waals surface area (Å²) in [7, 11) is 0. The highest BCUT2D eigenvalue weighted by atomic mass is 32.2. The fraction of sp³-hybridized carbons (Fsp3) is 0.435. The molecule has 182 valence electrons. The van der Waals surface area contributed by atoms with E-state index in [1.54, 1.807) is 23.5 Å². The van der Waals surface area contributed by atoms with E-state index in [4.69, 9.17) is 0 Å². The molecule has 2 aliphatic heterocycles. The first-order chi connectivity index (χ1) is 16.0. The van der Waals surface area contributed by atoms with Crippen LogP contribution in [-0.2, 0) is 11.2 Å². The first kappa shape index (κ1) is 24.4. The molecule has 9 nitrogen and oxygen atoms in total. The van der Waals surface area contributed by atoms with Crippen molar-refractivity contribution in [2.75, 3.05) is 18.4 Å². The zero-order valence-corrected chi connectivity index (χ0v) is 21.2. The number of thiophene rings is 1. The van der Waals surface area contributed by atoms with Gasteiger partial charge in [0.15, 0.2) is 17.4 Å². The van der Waals surface area contributed by atoms with E-state index in [9.17, 15) is 19.2 Å². The number of amidine groups is 2. The van der Waals surface area contributed by atoms with Gasteiger partial charge in [-0.15, -0.1) is 20.1 Å². The fourth-order valence-corrected chi connectivity index (χ4v) is 5.74. The Morgan fingerprint density at radius 1 is 1.24 bits per heavy atom. The standard InChI is InChI=1S/C23H29N5O4S2/c1-13-8-9-17(33-13)19(23(2,3)4)25-21-20(26-34(32)27-21)24-16-7-5-6-15(18(16)30)22(31)28-11-10-14(29)12-28/h5-9,14,19,29-30H,10-12H2,1-4H3,(H,24,26)(H,25,27)/t14-,19+,34?/m1/s1. The van der Waals surface area contributed by atoms with Crippen molar-refractivity contribution in [1.29, 1.82) is 0 Å². The molecule has 4 rings (SSSR count). The topological polar surface area (TPSA) is 127 Å². The second-order valence-corrected chi connectivity index (χ2v) is 11.7. The molecule has 3 atom stereocenters. The molecular weight excluding hydrogens is 474 g/mol. The Morgan fingerprint density at radius 2 is 1.97 bits per heavy atom. The highest BCUT2D eigenvalue weighted by Crippen LogP contribution is 2.37. The number of nitrogens with one attached hydrogen (secondary N) is 2. The van der Waals surface area contributed by atoms with Crippen molar-refractivity contribution in [3.63, 3.8) is 0 Å². The lowest BCUT2D eigenvalue weighted by molar-refractivity contribution is 0.0762. The largest absolute Gasteiger partial charge is 0.505 e. The Bertz CT molecular complexity index is 1180. The summed E-state index contributed by atoms with van der Waals surface area (Å²) in [6, 6.07) is 8.79. The quantitative estimate of drug-likeness (QED) is 0.475. The van der Waals surface area contributed by atoms with Gasteiger partial charge >= 0.3 is 0 Å². The van der Waals surface area contributed by atoms with E-state index in [0.717, 1.165) is 4.88 Å². The number of para-hydroxylation sites is 1. The Balaban J connectivity index is 1.57. The molecule has 0 spiro atoms. The van der Waals surface area contributed by atoms with E-state index in [-0.39, 0.29) is 46.7 Å². The van der Waals surface area contributed by atoms with Crippen molar-refractivity contribution in [3.8, 4) is 5.75 Å². The molecule has 1 unspecified atom stereocenters. The number of phenolic OH excluding ortho intramolecular Hbond substituents is 1. The number of aryl methyl sites for hydroxylation is 1. The van der Waals surface area contributed by atoms with Gasteiger partial charge in [0.05, 0.1) is 23.4 Å². The van der Waals surface area contributed by atoms with E-state index < -0.39 is 17.3 Å². The van der Waals surface area contributed by atoms with E-state index in [1.165, 1.54) is 15.8 Å². The van der Waals surface area contributed by atoms with Crippen molar-refractivity contribution >= 4 is 45.8 Å². The summed E-state index contributed by atoms with van der Waals surface area (Å²) in [5, 5.41) is 26.9. The van der Waals surface area contributed by atoms with Crippen LogP contribution in [0.25, 0.3) is 0 Å². The van der Waals surface area contributed by atoms with Gasteiger partial charge in [-0.1, -0.05) is 26.8 Å². The first-order valence-corrected chi connectivity index (χ1v) is 12.9. The van der Waals surface area contributed by atoms with Gasteiger partial charge in [-0.25, -0.2) is 4.21 Å². The number of hydrogen-bond acceptors (Lipinski definition) is 7. The summed E-state index contributed by atoms with van der Waals surface area (Å²) in [6.07, 6.45) is -0.0416. The van der Waals surface area contributed by atoms with Crippen LogP contribution in [0.2, 0.25) is 0 Å². The van der Waals surface area contributed by atoms with Gasteiger partial charge < -0.3 is 25.7 Å². The minimum absolute atomic E-state index is 0.116. The zero-order valence-electron chi connectivity index (χ0n) is 19.5. The average molecular weight is 504 g/mol. The van der Waals surface area contributed by atoms with Crippen LogP contribution in [0.1, 0.15) is 53.3 Å². The molecule has 1 amide bonds. The van der Waals surface area contributed by atoms with E-state index in [1.807, 2.05) is 6.92 Å². The predicted molar refractivity (Wildman–Crippen MR) is 136 cm³/mol. The monoisotopic (exact) mass is 503 g/mol. The molecular formula is C23H29N5O4S2. The number of aliphatic hydroxyl groups is 1. The van der Waals surface area contributed by atoms with Crippen molar-refractivity contribution in [2.24, 2.45) is 14.2 Å². The molecule has 4 N–H and O–H groups in total. The van der Waals surface area contributed by atoms with Crippen LogP contribution >= 0.6 is 11.3 Å². The maximum absolute atomic E-state index is 12.8. The highest BCUT2D eigenvalue weighted by molar-refractivity contribution is 7.83. The number of carbonyl (C=O) groups is 1. The van der Waals surface area contributed by atoms with Crippen molar-refractivity contribution < 1.29 is 19.2 Å². The molecule has 1 aromatic heterocycles. The molecule has 1 saturated heterocycles. The SMILES string of the molecule is Cc1ccc([C@H](NC2=NS(=O)N=C2Nc2cccc(C(=O)N3CC[C@@H](O)C3)c2O)C(C)(C)C)s1. The minimum Gasteiger partial charge on any atom is -0.505 e. The third-order valence-electron chi connectivity index (χ3n) is 5.73. The lowest BCUT2D eigenvalue weighted by Gasteiger charge is -2.31. The van der Waals surface area contributed by atoms with Gasteiger partial charge in [-0.05, 0) is 43.0 Å². The molecule has 11 heteroatoms. The molecule has 2 aliphatic rings. The van der Waals surface area contributed by atoms with Gasteiger partial charge in [0.2, 0.25) is 0 Å². The number of aromatic hydroxyl groups is 1. The molecule has 2 aromatic rings. The maximum atomic E-state index is 12.8. The number of carbonyl (C=O) groups excluding carboxylic acids is 1. The van der Waals surface area contributed by atoms with Gasteiger partial charge in [-0.2, -0.15) is 0 Å². The van der Waals surface area contributed by atoms with Crippen LogP contribution in [0.15, 0.2) is 39.1 Å². The number of β-amino-alcohol motifs (C(OH)–C–C–N with tert-alkyl or cyclic N) is 1. The second-order valence-electron chi connectivity index (χ2n) is 9.52. The van der Waals surface area contributed by atoms with Crippen molar-refractivity contribution in [1.82, 2.24) is 10.2 Å². The number of phenols is 1. The van der Waals surface area contributed by atoms with Gasteiger partial charge in [0.25, 0.3) is 17.1 Å². The molecule has 0 saturated carbocycles. The van der Waals surface area contributed by atoms with Gasteiger partial charge in [0, 0.05) is 22.8 Å². The summed E-state index contributed by atoms with van der Waals surface area (Å²) in [5.41, 5.74) is 0.188. The Hall–Kier alpha value is -2.76. The van der Waals surface area contributed by atoms with Crippen molar-refractivity contribution in [2.45, 2.75) is 46.3 Å². The normalized spacial score (nSPS) is 21.3. The molecule has 0 aliphatic carbocycles. The van der Waals surface area contributed by atoms with E-state index >= 15 is 0 Å². The minimum atomic E-state index is -1.81. The third kappa shape index (κ3) is 5.16. The highest BCUT2D eigenvalue weighted by Gasteiger charge is 2.32. The van der Waals surface area contributed by atoms with Crippen molar-refractivity contribution in [3.05, 3.63) is 45.6 Å². The lowest BCUT2D eigenvalue weighted by Crippen LogP contribution is -2.41. The van der Waals surface area contributed by atoms with Gasteiger partial charge in [0.1, 0.15) is 0 Å². The number of hydrogen-bond donors (Lipinski definition) is 4. The summed E-state index contributed by atoms with van der Waals surface area (Å²) >= 11 is -0.130. The summed E-state index contributed by atoms with van der Waals surface area (Å²) in [5.74, 6) is -0.0575. The summed E-state index contributed by atoms with van der Waals surface area (Å²) in [4.78, 5) is 16.7. The Labute approximate surface area is 205 Å². The molecule has 3 heterocycles. The molecule has 34 heavy (non-hydrogen) atoms. The lowest BCUT2D eigenvalue weighted by atomic mass is 9.85. The number of anilines is 1. The summed E-state index contributed by atoms with van der Waals surface area (Å²) in [6.45, 7) is 9.02. The van der Waals surface area contributed by atoms with Crippen LogP contribution in [0.4, 0.5) is 5.69 Å².